The highest BCUT2D eigenvalue weighted by Gasteiger charge is 2.43. The highest BCUT2D eigenvalue weighted by atomic mass is 16.2. The first-order valence-corrected chi connectivity index (χ1v) is 11.1. The van der Waals surface area contributed by atoms with Crippen LogP contribution in [0, 0.1) is 6.92 Å². The molecule has 1 amide bonds. The molecule has 7 heteroatoms. The first kappa shape index (κ1) is 19.7. The maximum Gasteiger partial charge on any atom is 0.254 e. The van der Waals surface area contributed by atoms with Crippen molar-refractivity contribution in [3.8, 4) is 11.1 Å². The molecular weight excluding hydrogens is 388 g/mol. The highest BCUT2D eigenvalue weighted by Crippen LogP contribution is 2.34. The van der Waals surface area contributed by atoms with E-state index in [0.29, 0.717) is 13.1 Å². The fourth-order valence-electron chi connectivity index (χ4n) is 5.00. The van der Waals surface area contributed by atoms with Gasteiger partial charge in [0.2, 0.25) is 5.95 Å². The number of piperazine rings is 1. The number of H-pyrrole nitrogens is 1. The summed E-state index contributed by atoms with van der Waals surface area (Å²) in [6.45, 7) is 5.62. The lowest BCUT2D eigenvalue weighted by Crippen LogP contribution is -2.56. The van der Waals surface area contributed by atoms with Crippen LogP contribution in [-0.2, 0) is 6.42 Å². The summed E-state index contributed by atoms with van der Waals surface area (Å²) in [6.07, 6.45) is 7.76. The molecule has 2 aromatic heterocycles. The molecule has 1 aromatic carbocycles. The Morgan fingerprint density at radius 3 is 2.65 bits per heavy atom. The Morgan fingerprint density at radius 2 is 1.94 bits per heavy atom. The largest absolute Gasteiger partial charge is 0.334 e. The van der Waals surface area contributed by atoms with Crippen LogP contribution in [-0.4, -0.2) is 56.1 Å². The lowest BCUT2D eigenvalue weighted by molar-refractivity contribution is 0.0717. The molecule has 4 heterocycles. The van der Waals surface area contributed by atoms with E-state index >= 15 is 0 Å². The number of rotatable bonds is 5. The van der Waals surface area contributed by atoms with E-state index in [4.69, 9.17) is 9.97 Å². The Labute approximate surface area is 182 Å². The van der Waals surface area contributed by atoms with Gasteiger partial charge in [0.1, 0.15) is 0 Å². The average Bonchev–Trinajstić information content (AvgIpc) is 3.39. The van der Waals surface area contributed by atoms with E-state index in [-0.39, 0.29) is 18.0 Å². The number of carbonyl (C=O) groups excluding carboxylic acids is 1. The predicted molar refractivity (Wildman–Crippen MR) is 120 cm³/mol. The first-order valence-electron chi connectivity index (χ1n) is 11.1. The van der Waals surface area contributed by atoms with Crippen LogP contribution in [0.15, 0.2) is 42.7 Å². The molecule has 160 valence electrons. The van der Waals surface area contributed by atoms with Gasteiger partial charge in [0.25, 0.3) is 5.91 Å². The lowest BCUT2D eigenvalue weighted by atomic mass is 10.0. The van der Waals surface area contributed by atoms with Gasteiger partial charge in [0, 0.05) is 53.9 Å². The summed E-state index contributed by atoms with van der Waals surface area (Å²) in [5.74, 6) is 0.923. The van der Waals surface area contributed by atoms with E-state index in [1.165, 1.54) is 0 Å². The van der Waals surface area contributed by atoms with Crippen LogP contribution in [0.2, 0.25) is 0 Å². The molecule has 5 rings (SSSR count). The van der Waals surface area contributed by atoms with Gasteiger partial charge in [-0.3, -0.25) is 9.89 Å². The number of anilines is 1. The van der Waals surface area contributed by atoms with Crippen molar-refractivity contribution >= 4 is 11.9 Å². The third-order valence-electron chi connectivity index (χ3n) is 6.37. The van der Waals surface area contributed by atoms with Gasteiger partial charge in [0.15, 0.2) is 0 Å². The number of aryl methyl sites for hydroxylation is 2. The fraction of sp³-hybridized carbons (Fsp3) is 0.417. The molecule has 1 N–H and O–H groups in total. The highest BCUT2D eigenvalue weighted by molar-refractivity contribution is 6.01. The second-order valence-electron chi connectivity index (χ2n) is 8.59. The summed E-state index contributed by atoms with van der Waals surface area (Å²) < 4.78 is 0. The van der Waals surface area contributed by atoms with Gasteiger partial charge in [-0.05, 0) is 43.9 Å². The molecule has 2 bridgehead atoms. The SMILES string of the molecule is CCCc1cc(C)nc(N2C3CCC2CN(C(=O)c2ccccc2-c2cn[nH]c2)C3)n1. The molecular formula is C24H28N6O. The quantitative estimate of drug-likeness (QED) is 0.687. The van der Waals surface area contributed by atoms with E-state index in [0.717, 1.165) is 59.7 Å². The maximum absolute atomic E-state index is 13.5. The summed E-state index contributed by atoms with van der Waals surface area (Å²) in [6, 6.07) is 10.4. The molecule has 0 saturated carbocycles. The van der Waals surface area contributed by atoms with Gasteiger partial charge >= 0.3 is 0 Å². The average molecular weight is 417 g/mol. The molecule has 3 aromatic rings. The smallest absolute Gasteiger partial charge is 0.254 e. The van der Waals surface area contributed by atoms with E-state index in [2.05, 4.69) is 28.1 Å². The summed E-state index contributed by atoms with van der Waals surface area (Å²) in [7, 11) is 0. The first-order chi connectivity index (χ1) is 15.1. The van der Waals surface area contributed by atoms with Crippen molar-refractivity contribution < 1.29 is 4.79 Å². The Kier molecular flexibility index (Phi) is 5.18. The van der Waals surface area contributed by atoms with Crippen molar-refractivity contribution in [3.63, 3.8) is 0 Å². The number of fused-ring (bicyclic) bond motifs is 2. The van der Waals surface area contributed by atoms with Crippen molar-refractivity contribution in [2.75, 3.05) is 18.0 Å². The molecule has 2 atom stereocenters. The van der Waals surface area contributed by atoms with Crippen LogP contribution in [0.25, 0.3) is 11.1 Å². The van der Waals surface area contributed by atoms with Gasteiger partial charge in [-0.2, -0.15) is 5.10 Å². The lowest BCUT2D eigenvalue weighted by Gasteiger charge is -2.41. The van der Waals surface area contributed by atoms with Crippen LogP contribution in [0.5, 0.6) is 0 Å². The number of amides is 1. The minimum atomic E-state index is 0.0881. The molecule has 0 aliphatic carbocycles. The fourth-order valence-corrected chi connectivity index (χ4v) is 5.00. The Morgan fingerprint density at radius 1 is 1.16 bits per heavy atom. The normalized spacial score (nSPS) is 20.3. The monoisotopic (exact) mass is 416 g/mol. The number of hydrogen-bond acceptors (Lipinski definition) is 5. The van der Waals surface area contributed by atoms with Gasteiger partial charge in [-0.25, -0.2) is 9.97 Å². The maximum atomic E-state index is 13.5. The number of nitrogens with zero attached hydrogens (tertiary/aromatic N) is 5. The van der Waals surface area contributed by atoms with Crippen LogP contribution < -0.4 is 4.90 Å². The summed E-state index contributed by atoms with van der Waals surface area (Å²) >= 11 is 0. The number of aromatic nitrogens is 4. The van der Waals surface area contributed by atoms with Crippen LogP contribution in [0.4, 0.5) is 5.95 Å². The molecule has 31 heavy (non-hydrogen) atoms. The second-order valence-corrected chi connectivity index (χ2v) is 8.59. The molecule has 2 aliphatic rings. The molecule has 2 unspecified atom stereocenters. The number of nitrogens with one attached hydrogen (secondary N) is 1. The second kappa shape index (κ2) is 8.13. The van der Waals surface area contributed by atoms with Crippen LogP contribution in [0.3, 0.4) is 0 Å². The van der Waals surface area contributed by atoms with Crippen molar-refractivity contribution in [1.29, 1.82) is 0 Å². The standard InChI is InChI=1S/C24H28N6O/c1-3-6-18-11-16(2)27-24(28-18)30-19-9-10-20(30)15-29(14-19)23(31)22-8-5-4-7-21(22)17-12-25-26-13-17/h4-5,7-8,11-13,19-20H,3,6,9-10,14-15H2,1-2H3,(H,25,26). The molecule has 0 spiro atoms. The summed E-state index contributed by atoms with van der Waals surface area (Å²) in [5, 5.41) is 6.89. The van der Waals surface area contributed by atoms with Crippen molar-refractivity contribution in [2.24, 2.45) is 0 Å². The van der Waals surface area contributed by atoms with Crippen molar-refractivity contribution in [1.82, 2.24) is 25.1 Å². The molecule has 2 aliphatic heterocycles. The topological polar surface area (TPSA) is 78.0 Å². The van der Waals surface area contributed by atoms with E-state index in [9.17, 15) is 4.79 Å². The molecule has 0 radical (unpaired) electrons. The number of likely N-dealkylation sites (tertiary alicyclic amines) is 1. The number of hydrogen-bond donors (Lipinski definition) is 1. The zero-order chi connectivity index (χ0) is 21.4. The van der Waals surface area contributed by atoms with Gasteiger partial charge in [-0.1, -0.05) is 31.5 Å². The number of aromatic amines is 1. The Bertz CT molecular complexity index is 1070. The third kappa shape index (κ3) is 3.69. The molecule has 7 nitrogen and oxygen atoms in total. The van der Waals surface area contributed by atoms with E-state index in [1.807, 2.05) is 42.3 Å². The number of carbonyl (C=O) groups is 1. The minimum Gasteiger partial charge on any atom is -0.334 e. The van der Waals surface area contributed by atoms with Gasteiger partial charge < -0.3 is 9.80 Å². The Balaban J connectivity index is 1.39. The van der Waals surface area contributed by atoms with E-state index in [1.54, 1.807) is 6.20 Å². The van der Waals surface area contributed by atoms with Crippen LogP contribution >= 0.6 is 0 Å². The molecule has 2 saturated heterocycles. The van der Waals surface area contributed by atoms with Gasteiger partial charge in [-0.15, -0.1) is 0 Å². The van der Waals surface area contributed by atoms with Gasteiger partial charge in [0.05, 0.1) is 6.20 Å². The zero-order valence-electron chi connectivity index (χ0n) is 18.1. The minimum absolute atomic E-state index is 0.0881. The van der Waals surface area contributed by atoms with Crippen molar-refractivity contribution in [2.45, 2.75) is 51.6 Å². The number of benzene rings is 1. The summed E-state index contributed by atoms with van der Waals surface area (Å²) in [5.41, 5.74) is 4.70. The molecule has 2 fully saturated rings. The third-order valence-corrected chi connectivity index (χ3v) is 6.37. The van der Waals surface area contributed by atoms with Crippen LogP contribution in [0.1, 0.15) is 47.9 Å². The Hall–Kier alpha value is -3.22. The van der Waals surface area contributed by atoms with Crippen molar-refractivity contribution in [3.05, 3.63) is 59.7 Å². The predicted octanol–water partition coefficient (Wildman–Crippen LogP) is 3.62. The van der Waals surface area contributed by atoms with E-state index < -0.39 is 0 Å². The zero-order valence-corrected chi connectivity index (χ0v) is 18.1. The summed E-state index contributed by atoms with van der Waals surface area (Å²) in [4.78, 5) is 27.5.